The lowest BCUT2D eigenvalue weighted by Crippen LogP contribution is -2.17. The van der Waals surface area contributed by atoms with E-state index in [1.54, 1.807) is 0 Å². The maximum atomic E-state index is 4.04. The Morgan fingerprint density at radius 3 is 2.70 bits per heavy atom. The van der Waals surface area contributed by atoms with Crippen molar-refractivity contribution in [2.45, 2.75) is 71.6 Å². The Morgan fingerprint density at radius 1 is 1.26 bits per heavy atom. The van der Waals surface area contributed by atoms with E-state index in [0.29, 0.717) is 11.8 Å². The van der Waals surface area contributed by atoms with Gasteiger partial charge in [0.05, 0.1) is 0 Å². The topological polar surface area (TPSA) is 0 Å². The summed E-state index contributed by atoms with van der Waals surface area (Å²) in [6.45, 7) is 16.8. The van der Waals surface area contributed by atoms with E-state index in [9.17, 15) is 0 Å². The normalized spacial score (nSPS) is 21.4. The van der Waals surface area contributed by atoms with E-state index < -0.39 is 0 Å². The highest BCUT2D eigenvalue weighted by atomic mass is 14.3. The first-order chi connectivity index (χ1) is 13.2. The van der Waals surface area contributed by atoms with Crippen molar-refractivity contribution < 1.29 is 0 Å². The summed E-state index contributed by atoms with van der Waals surface area (Å²) < 4.78 is 0. The first-order valence-corrected chi connectivity index (χ1v) is 10.7. The number of benzene rings is 1. The van der Waals surface area contributed by atoms with Crippen LogP contribution in [0.2, 0.25) is 0 Å². The number of aryl methyl sites for hydroxylation is 1. The van der Waals surface area contributed by atoms with Gasteiger partial charge in [-0.25, -0.2) is 0 Å². The summed E-state index contributed by atoms with van der Waals surface area (Å²) in [5, 5.41) is 0. The van der Waals surface area contributed by atoms with Gasteiger partial charge in [0.25, 0.3) is 0 Å². The van der Waals surface area contributed by atoms with Gasteiger partial charge >= 0.3 is 0 Å². The van der Waals surface area contributed by atoms with Crippen LogP contribution in [-0.2, 0) is 6.42 Å². The fourth-order valence-electron chi connectivity index (χ4n) is 4.21. The van der Waals surface area contributed by atoms with Crippen molar-refractivity contribution in [1.29, 1.82) is 0 Å². The van der Waals surface area contributed by atoms with Crippen LogP contribution in [0.3, 0.4) is 0 Å². The van der Waals surface area contributed by atoms with Crippen LogP contribution in [-0.4, -0.2) is 0 Å². The Labute approximate surface area is 168 Å². The SMILES string of the molecule is C=C.C=C/C(=C\C=C/C)C1CCCC(CC[C@@H](C)c2cccc(CC)c2)C1. The summed E-state index contributed by atoms with van der Waals surface area (Å²) in [5.74, 6) is 2.26. The highest BCUT2D eigenvalue weighted by molar-refractivity contribution is 5.26. The van der Waals surface area contributed by atoms with E-state index >= 15 is 0 Å². The zero-order chi connectivity index (χ0) is 20.1. The van der Waals surface area contributed by atoms with Crippen LogP contribution in [0, 0.1) is 11.8 Å². The largest absolute Gasteiger partial charge is 0.106 e. The summed E-state index contributed by atoms with van der Waals surface area (Å²) in [7, 11) is 0. The molecular weight excluding hydrogens is 324 g/mol. The van der Waals surface area contributed by atoms with Crippen molar-refractivity contribution in [2.75, 3.05) is 0 Å². The second-order valence-corrected chi connectivity index (χ2v) is 7.70. The maximum Gasteiger partial charge on any atom is -0.0160 e. The molecule has 148 valence electrons. The fourth-order valence-corrected chi connectivity index (χ4v) is 4.21. The molecule has 27 heavy (non-hydrogen) atoms. The number of allylic oxidation sites excluding steroid dienone is 5. The third kappa shape index (κ3) is 7.75. The van der Waals surface area contributed by atoms with Crippen molar-refractivity contribution in [2.24, 2.45) is 11.8 Å². The highest BCUT2D eigenvalue weighted by Gasteiger charge is 2.23. The monoisotopic (exact) mass is 364 g/mol. The minimum Gasteiger partial charge on any atom is -0.106 e. The summed E-state index contributed by atoms with van der Waals surface area (Å²) >= 11 is 0. The Balaban J connectivity index is 0.00000176. The molecule has 1 fully saturated rings. The Bertz CT molecular complexity index is 604. The Morgan fingerprint density at radius 2 is 2.04 bits per heavy atom. The van der Waals surface area contributed by atoms with Crippen molar-refractivity contribution in [3.05, 3.63) is 85.0 Å². The standard InChI is InChI=1S/C25H36.C2H4/c1-5-8-13-23(7-3)25-15-10-12-22(19-25)17-16-20(4)24-14-9-11-21(6-2)18-24;1-2/h5,7-9,11,13-14,18,20,22,25H,3,6,10,12,15-17,19H2,1-2,4H3;1-2H2/b8-5-,23-13+;/t20-,22?,25?;/m1./s1. The van der Waals surface area contributed by atoms with Crippen LogP contribution in [0.1, 0.15) is 76.3 Å². The van der Waals surface area contributed by atoms with E-state index in [-0.39, 0.29) is 0 Å². The third-order valence-electron chi connectivity index (χ3n) is 5.91. The molecule has 3 atom stereocenters. The molecular formula is C27H40. The first-order valence-electron chi connectivity index (χ1n) is 10.7. The molecule has 2 unspecified atom stereocenters. The predicted octanol–water partition coefficient (Wildman–Crippen LogP) is 8.43. The molecule has 0 aliphatic heterocycles. The molecule has 0 heteroatoms. The number of rotatable bonds is 8. The van der Waals surface area contributed by atoms with Gasteiger partial charge in [0.2, 0.25) is 0 Å². The second-order valence-electron chi connectivity index (χ2n) is 7.70. The molecule has 2 rings (SSSR count). The van der Waals surface area contributed by atoms with Crippen LogP contribution < -0.4 is 0 Å². The average molecular weight is 365 g/mol. The molecule has 0 N–H and O–H groups in total. The third-order valence-corrected chi connectivity index (χ3v) is 5.91. The molecule has 0 aromatic heterocycles. The molecule has 0 radical (unpaired) electrons. The van der Waals surface area contributed by atoms with Crippen LogP contribution in [0.25, 0.3) is 0 Å². The molecule has 1 aliphatic rings. The lowest BCUT2D eigenvalue weighted by atomic mass is 9.75. The Kier molecular flexibility index (Phi) is 11.5. The van der Waals surface area contributed by atoms with Gasteiger partial charge < -0.3 is 0 Å². The van der Waals surface area contributed by atoms with Crippen LogP contribution in [0.15, 0.2) is 73.9 Å². The van der Waals surface area contributed by atoms with Crippen LogP contribution >= 0.6 is 0 Å². The van der Waals surface area contributed by atoms with Gasteiger partial charge in [-0.15, -0.1) is 13.2 Å². The zero-order valence-electron chi connectivity index (χ0n) is 17.9. The van der Waals surface area contributed by atoms with Gasteiger partial charge in [0.15, 0.2) is 0 Å². The molecule has 1 aliphatic carbocycles. The second kappa shape index (κ2) is 13.4. The smallest absolute Gasteiger partial charge is 0.0160 e. The molecule has 0 amide bonds. The van der Waals surface area contributed by atoms with E-state index in [1.807, 2.05) is 0 Å². The maximum absolute atomic E-state index is 4.04. The van der Waals surface area contributed by atoms with E-state index in [0.717, 1.165) is 12.3 Å². The van der Waals surface area contributed by atoms with Crippen molar-refractivity contribution in [3.63, 3.8) is 0 Å². The fraction of sp³-hybridized carbons (Fsp3) is 0.481. The molecule has 1 aromatic carbocycles. The lowest BCUT2D eigenvalue weighted by Gasteiger charge is -2.30. The van der Waals surface area contributed by atoms with Gasteiger partial charge in [0, 0.05) is 0 Å². The summed E-state index contributed by atoms with van der Waals surface area (Å²) in [6, 6.07) is 9.19. The molecule has 0 heterocycles. The number of hydrogen-bond donors (Lipinski definition) is 0. The average Bonchev–Trinajstić information content (AvgIpc) is 2.74. The van der Waals surface area contributed by atoms with E-state index in [2.05, 4.69) is 89.1 Å². The minimum atomic E-state index is 0.671. The zero-order valence-corrected chi connectivity index (χ0v) is 17.9. The molecule has 0 bridgehead atoms. The van der Waals surface area contributed by atoms with Gasteiger partial charge in [-0.2, -0.15) is 0 Å². The summed E-state index contributed by atoms with van der Waals surface area (Å²) in [5.41, 5.74) is 4.42. The van der Waals surface area contributed by atoms with Gasteiger partial charge in [-0.05, 0) is 73.5 Å². The lowest BCUT2D eigenvalue weighted by molar-refractivity contribution is 0.275. The summed E-state index contributed by atoms with van der Waals surface area (Å²) in [4.78, 5) is 0. The molecule has 0 spiro atoms. The van der Waals surface area contributed by atoms with Crippen LogP contribution in [0.4, 0.5) is 0 Å². The quantitative estimate of drug-likeness (QED) is 0.321. The first kappa shape index (κ1) is 23.2. The van der Waals surface area contributed by atoms with Crippen molar-refractivity contribution >= 4 is 0 Å². The minimum absolute atomic E-state index is 0.671. The van der Waals surface area contributed by atoms with Gasteiger partial charge in [0.1, 0.15) is 0 Å². The van der Waals surface area contributed by atoms with Gasteiger partial charge in [-0.1, -0.05) is 81.8 Å². The predicted molar refractivity (Wildman–Crippen MR) is 123 cm³/mol. The highest BCUT2D eigenvalue weighted by Crippen LogP contribution is 2.37. The number of hydrogen-bond acceptors (Lipinski definition) is 0. The molecule has 1 aromatic rings. The van der Waals surface area contributed by atoms with E-state index in [4.69, 9.17) is 0 Å². The van der Waals surface area contributed by atoms with E-state index in [1.165, 1.54) is 55.2 Å². The van der Waals surface area contributed by atoms with Crippen molar-refractivity contribution in [3.8, 4) is 0 Å². The van der Waals surface area contributed by atoms with Crippen LogP contribution in [0.5, 0.6) is 0 Å². The summed E-state index contributed by atoms with van der Waals surface area (Å²) in [6.07, 6.45) is 17.9. The molecule has 1 saturated carbocycles. The van der Waals surface area contributed by atoms with Crippen molar-refractivity contribution in [1.82, 2.24) is 0 Å². The molecule has 0 saturated heterocycles. The van der Waals surface area contributed by atoms with Gasteiger partial charge in [-0.3, -0.25) is 0 Å². The molecule has 0 nitrogen and oxygen atoms in total. The Hall–Kier alpha value is -1.82.